The predicted molar refractivity (Wildman–Crippen MR) is 50.9 cm³/mol. The van der Waals surface area contributed by atoms with Gasteiger partial charge in [-0.25, -0.2) is 0 Å². The van der Waals surface area contributed by atoms with Crippen molar-refractivity contribution in [3.8, 4) is 0 Å². The summed E-state index contributed by atoms with van der Waals surface area (Å²) in [7, 11) is 0. The van der Waals surface area contributed by atoms with E-state index in [2.05, 4.69) is 0 Å². The molecule has 0 atom stereocenters. The van der Waals surface area contributed by atoms with Crippen molar-refractivity contribution in [3.63, 3.8) is 0 Å². The molecule has 0 N–H and O–H groups in total. The summed E-state index contributed by atoms with van der Waals surface area (Å²) in [6, 6.07) is 0. The minimum atomic E-state index is -6.59. The van der Waals surface area contributed by atoms with E-state index in [1.54, 1.807) is 0 Å². The lowest BCUT2D eigenvalue weighted by molar-refractivity contribution is -0.274. The molecule has 0 unspecified atom stereocenters. The maximum absolute atomic E-state index is 13.3. The Labute approximate surface area is 116 Å². The number of hydrogen-bond acceptors (Lipinski definition) is 1. The molecule has 12 heteroatoms. The van der Waals surface area contributed by atoms with Crippen molar-refractivity contribution in [2.45, 2.75) is 37.3 Å². The molecule has 0 aromatic heterocycles. The Morgan fingerprint density at radius 2 is 1.00 bits per heavy atom. The fraction of sp³-hybridized carbons (Fsp3) is 0.800. The first-order valence-corrected chi connectivity index (χ1v) is 5.68. The summed E-state index contributed by atoms with van der Waals surface area (Å²) in [6.45, 7) is -1.51. The van der Waals surface area contributed by atoms with E-state index in [1.807, 2.05) is 0 Å². The number of rotatable bonds is 2. The standard InChI is InChI=1S/C10H8F11N/c11-7(12,10(19,20)21)6(22-3-1-2-4-22)5(8(13,14)15)9(16,17)18/h1-4H2. The molecule has 1 saturated heterocycles. The highest BCUT2D eigenvalue weighted by molar-refractivity contribution is 5.30. The average Bonchev–Trinajstić information content (AvgIpc) is 2.72. The smallest absolute Gasteiger partial charge is 0.369 e. The third-order valence-corrected chi connectivity index (χ3v) is 2.88. The van der Waals surface area contributed by atoms with Gasteiger partial charge in [-0.2, -0.15) is 48.3 Å². The number of halogens is 11. The van der Waals surface area contributed by atoms with Crippen LogP contribution in [0.25, 0.3) is 0 Å². The largest absolute Gasteiger partial charge is 0.459 e. The van der Waals surface area contributed by atoms with Crippen LogP contribution < -0.4 is 0 Å². The third kappa shape index (κ3) is 3.57. The number of alkyl halides is 11. The van der Waals surface area contributed by atoms with Gasteiger partial charge in [0, 0.05) is 13.1 Å². The summed E-state index contributed by atoms with van der Waals surface area (Å²) >= 11 is 0. The molecule has 1 nitrogen and oxygen atoms in total. The van der Waals surface area contributed by atoms with Gasteiger partial charge in [0.25, 0.3) is 0 Å². The van der Waals surface area contributed by atoms with Gasteiger partial charge < -0.3 is 4.90 Å². The van der Waals surface area contributed by atoms with E-state index in [0.717, 1.165) is 0 Å². The Kier molecular flexibility index (Phi) is 4.66. The molecule has 0 saturated carbocycles. The zero-order valence-corrected chi connectivity index (χ0v) is 10.4. The maximum atomic E-state index is 13.3. The molecule has 1 aliphatic heterocycles. The highest BCUT2D eigenvalue weighted by atomic mass is 19.4. The van der Waals surface area contributed by atoms with Crippen LogP contribution in [0.1, 0.15) is 12.8 Å². The lowest BCUT2D eigenvalue weighted by atomic mass is 10.1. The van der Waals surface area contributed by atoms with E-state index >= 15 is 0 Å². The Morgan fingerprint density at radius 1 is 0.636 bits per heavy atom. The van der Waals surface area contributed by atoms with E-state index in [1.165, 1.54) is 0 Å². The summed E-state index contributed by atoms with van der Waals surface area (Å²) < 4.78 is 139. The van der Waals surface area contributed by atoms with Crippen molar-refractivity contribution in [1.82, 2.24) is 4.90 Å². The molecule has 1 heterocycles. The number of allylic oxidation sites excluding steroid dienone is 2. The van der Waals surface area contributed by atoms with Gasteiger partial charge in [-0.15, -0.1) is 0 Å². The third-order valence-electron chi connectivity index (χ3n) is 2.88. The van der Waals surface area contributed by atoms with E-state index in [0.29, 0.717) is 0 Å². The van der Waals surface area contributed by atoms with Gasteiger partial charge in [0.15, 0.2) is 5.57 Å². The van der Waals surface area contributed by atoms with Gasteiger partial charge in [-0.1, -0.05) is 0 Å². The second kappa shape index (κ2) is 5.44. The van der Waals surface area contributed by atoms with Gasteiger partial charge in [-0.05, 0) is 12.8 Å². The lowest BCUT2D eigenvalue weighted by Crippen LogP contribution is -2.48. The van der Waals surface area contributed by atoms with E-state index in [4.69, 9.17) is 0 Å². The summed E-state index contributed by atoms with van der Waals surface area (Å²) in [5, 5.41) is 0. The van der Waals surface area contributed by atoms with Crippen LogP contribution in [-0.4, -0.2) is 42.4 Å². The van der Waals surface area contributed by atoms with Gasteiger partial charge in [0.05, 0.1) is 0 Å². The van der Waals surface area contributed by atoms with Crippen LogP contribution in [0, 0.1) is 0 Å². The van der Waals surface area contributed by atoms with Crippen LogP contribution in [0.3, 0.4) is 0 Å². The molecule has 0 spiro atoms. The molecule has 130 valence electrons. The maximum Gasteiger partial charge on any atom is 0.459 e. The molecule has 0 radical (unpaired) electrons. The monoisotopic (exact) mass is 351 g/mol. The quantitative estimate of drug-likeness (QED) is 0.654. The fourth-order valence-electron chi connectivity index (χ4n) is 2.02. The molecule has 0 bridgehead atoms. The van der Waals surface area contributed by atoms with E-state index in [-0.39, 0.29) is 17.7 Å². The second-order valence-electron chi connectivity index (χ2n) is 4.49. The minimum Gasteiger partial charge on any atom is -0.369 e. The van der Waals surface area contributed by atoms with Crippen LogP contribution in [0.15, 0.2) is 11.3 Å². The van der Waals surface area contributed by atoms with Gasteiger partial charge in [0.2, 0.25) is 0 Å². The highest BCUT2D eigenvalue weighted by Gasteiger charge is 2.67. The molecule has 0 amide bonds. The van der Waals surface area contributed by atoms with Crippen molar-refractivity contribution in [3.05, 3.63) is 11.3 Å². The van der Waals surface area contributed by atoms with Crippen LogP contribution >= 0.6 is 0 Å². The van der Waals surface area contributed by atoms with Crippen LogP contribution in [-0.2, 0) is 0 Å². The van der Waals surface area contributed by atoms with Crippen LogP contribution in [0.2, 0.25) is 0 Å². The van der Waals surface area contributed by atoms with Crippen molar-refractivity contribution in [2.24, 2.45) is 0 Å². The van der Waals surface area contributed by atoms with Crippen molar-refractivity contribution in [1.29, 1.82) is 0 Å². The summed E-state index contributed by atoms with van der Waals surface area (Å²) in [5.74, 6) is -6.28. The van der Waals surface area contributed by atoms with Crippen molar-refractivity contribution < 1.29 is 48.3 Å². The first-order chi connectivity index (χ1) is 9.60. The first kappa shape index (κ1) is 18.8. The highest BCUT2D eigenvalue weighted by Crippen LogP contribution is 2.50. The van der Waals surface area contributed by atoms with Gasteiger partial charge >= 0.3 is 24.5 Å². The number of likely N-dealkylation sites (tertiary alicyclic amines) is 1. The zero-order valence-electron chi connectivity index (χ0n) is 10.4. The molecular weight excluding hydrogens is 343 g/mol. The number of nitrogens with zero attached hydrogens (tertiary/aromatic N) is 1. The Morgan fingerprint density at radius 3 is 1.27 bits per heavy atom. The second-order valence-corrected chi connectivity index (χ2v) is 4.49. The van der Waals surface area contributed by atoms with Gasteiger partial charge in [-0.3, -0.25) is 0 Å². The van der Waals surface area contributed by atoms with E-state index < -0.39 is 48.8 Å². The molecule has 0 aromatic carbocycles. The SMILES string of the molecule is FC(F)(F)C(=C(N1CCCC1)C(F)(F)C(F)(F)F)C(F)(F)F. The normalized spacial score (nSPS) is 17.9. The average molecular weight is 351 g/mol. The van der Waals surface area contributed by atoms with E-state index in [9.17, 15) is 48.3 Å². The molecule has 1 aliphatic rings. The lowest BCUT2D eigenvalue weighted by Gasteiger charge is -2.33. The molecule has 22 heavy (non-hydrogen) atoms. The van der Waals surface area contributed by atoms with Crippen molar-refractivity contribution in [2.75, 3.05) is 13.1 Å². The zero-order chi connectivity index (χ0) is 17.6. The van der Waals surface area contributed by atoms with Gasteiger partial charge in [0.1, 0.15) is 5.70 Å². The Bertz CT molecular complexity index is 417. The summed E-state index contributed by atoms with van der Waals surface area (Å²) in [5.41, 5.74) is -6.92. The summed E-state index contributed by atoms with van der Waals surface area (Å²) in [6.07, 6.45) is -19.6. The predicted octanol–water partition coefficient (Wildman–Crippen LogP) is 4.66. The molecule has 1 rings (SSSR count). The molecule has 1 fully saturated rings. The topological polar surface area (TPSA) is 3.24 Å². The molecule has 0 aromatic rings. The summed E-state index contributed by atoms with van der Waals surface area (Å²) in [4.78, 5) is -0.205. The Balaban J connectivity index is 3.70. The van der Waals surface area contributed by atoms with Crippen LogP contribution in [0.5, 0.6) is 0 Å². The number of hydrogen-bond donors (Lipinski definition) is 0. The fourth-order valence-corrected chi connectivity index (χ4v) is 2.02. The first-order valence-electron chi connectivity index (χ1n) is 5.68. The molecule has 0 aliphatic carbocycles. The van der Waals surface area contributed by atoms with Crippen molar-refractivity contribution >= 4 is 0 Å². The van der Waals surface area contributed by atoms with Crippen LogP contribution in [0.4, 0.5) is 48.3 Å². The molecular formula is C10H8F11N. The Hall–Kier alpha value is -1.23. The minimum absolute atomic E-state index is 0.0968.